The quantitative estimate of drug-likeness (QED) is 0.131. The summed E-state index contributed by atoms with van der Waals surface area (Å²) in [6.07, 6.45) is 23.3. The Bertz CT molecular complexity index is 641. The number of hydrogen-bond donors (Lipinski definition) is 0. The standard InChI is InChI=1S/C26H36O3/c1-2-3-4-5-6-7-8-9-10-11-12-13-14-15-19-22-26(28)29-23-25(27)24-20-17-16-18-21-24/h5-10,16-18,20-21H,2-4,11-15,19,22-23H2,1H3/b6-5-,8-7+,10-9-. The minimum absolute atomic E-state index is 0.158. The number of hydrogen-bond acceptors (Lipinski definition) is 3. The van der Waals surface area contributed by atoms with Crippen LogP contribution in [0.15, 0.2) is 66.8 Å². The first-order valence-corrected chi connectivity index (χ1v) is 11.0. The molecule has 0 N–H and O–H groups in total. The SMILES string of the molecule is CCCC\C=C/C=C/C=C\CCCCCCCC(=O)OCC(=O)c1ccccc1. The number of carbonyl (C=O) groups is 2. The largest absolute Gasteiger partial charge is 0.457 e. The molecule has 0 radical (unpaired) electrons. The van der Waals surface area contributed by atoms with E-state index in [9.17, 15) is 9.59 Å². The highest BCUT2D eigenvalue weighted by Gasteiger charge is 2.09. The molecule has 0 unspecified atom stereocenters. The van der Waals surface area contributed by atoms with Crippen molar-refractivity contribution in [3.8, 4) is 0 Å². The lowest BCUT2D eigenvalue weighted by atomic mass is 10.1. The van der Waals surface area contributed by atoms with Crippen molar-refractivity contribution in [3.63, 3.8) is 0 Å². The molecule has 0 atom stereocenters. The highest BCUT2D eigenvalue weighted by atomic mass is 16.5. The van der Waals surface area contributed by atoms with Gasteiger partial charge in [-0.15, -0.1) is 0 Å². The molecule has 29 heavy (non-hydrogen) atoms. The zero-order chi connectivity index (χ0) is 21.0. The Kier molecular flexibility index (Phi) is 15.0. The van der Waals surface area contributed by atoms with E-state index < -0.39 is 0 Å². The summed E-state index contributed by atoms with van der Waals surface area (Å²) in [7, 11) is 0. The smallest absolute Gasteiger partial charge is 0.306 e. The van der Waals surface area contributed by atoms with Crippen molar-refractivity contribution in [1.82, 2.24) is 0 Å². The van der Waals surface area contributed by atoms with Crippen molar-refractivity contribution in [2.45, 2.75) is 71.1 Å². The van der Waals surface area contributed by atoms with Crippen molar-refractivity contribution in [2.75, 3.05) is 6.61 Å². The molecule has 0 aliphatic heterocycles. The van der Waals surface area contributed by atoms with Gasteiger partial charge in [-0.05, 0) is 25.7 Å². The van der Waals surface area contributed by atoms with E-state index in [1.807, 2.05) is 6.07 Å². The zero-order valence-electron chi connectivity index (χ0n) is 17.9. The molecule has 0 spiro atoms. The summed E-state index contributed by atoms with van der Waals surface area (Å²) >= 11 is 0. The average Bonchev–Trinajstić information content (AvgIpc) is 2.75. The topological polar surface area (TPSA) is 43.4 Å². The van der Waals surface area contributed by atoms with E-state index >= 15 is 0 Å². The van der Waals surface area contributed by atoms with Crippen molar-refractivity contribution in [2.24, 2.45) is 0 Å². The van der Waals surface area contributed by atoms with E-state index in [4.69, 9.17) is 4.74 Å². The van der Waals surface area contributed by atoms with Crippen LogP contribution in [0.3, 0.4) is 0 Å². The summed E-state index contributed by atoms with van der Waals surface area (Å²) in [5.74, 6) is -0.442. The molecule has 0 saturated heterocycles. The summed E-state index contributed by atoms with van der Waals surface area (Å²) in [5, 5.41) is 0. The molecule has 0 aliphatic rings. The predicted octanol–water partition coefficient (Wildman–Crippen LogP) is 7.00. The number of rotatable bonds is 16. The second kappa shape index (κ2) is 17.7. The molecule has 0 saturated carbocycles. The molecule has 0 bridgehead atoms. The van der Waals surface area contributed by atoms with Crippen molar-refractivity contribution in [3.05, 3.63) is 72.4 Å². The van der Waals surface area contributed by atoms with Gasteiger partial charge in [0.05, 0.1) is 0 Å². The highest BCUT2D eigenvalue weighted by Crippen LogP contribution is 2.09. The third-order valence-electron chi connectivity index (χ3n) is 4.54. The summed E-state index contributed by atoms with van der Waals surface area (Å²) < 4.78 is 5.07. The lowest BCUT2D eigenvalue weighted by Crippen LogP contribution is -2.13. The third-order valence-corrected chi connectivity index (χ3v) is 4.54. The van der Waals surface area contributed by atoms with Crippen LogP contribution in [0.4, 0.5) is 0 Å². The minimum Gasteiger partial charge on any atom is -0.457 e. The number of carbonyl (C=O) groups excluding carboxylic acids is 2. The van der Waals surface area contributed by atoms with Gasteiger partial charge in [-0.3, -0.25) is 9.59 Å². The summed E-state index contributed by atoms with van der Waals surface area (Å²) in [6.45, 7) is 2.04. The molecule has 0 heterocycles. The van der Waals surface area contributed by atoms with Crippen LogP contribution in [-0.2, 0) is 9.53 Å². The van der Waals surface area contributed by atoms with E-state index in [1.165, 1.54) is 25.7 Å². The maximum Gasteiger partial charge on any atom is 0.306 e. The molecule has 1 aromatic rings. The van der Waals surface area contributed by atoms with Crippen LogP contribution in [0.5, 0.6) is 0 Å². The van der Waals surface area contributed by atoms with Crippen molar-refractivity contribution >= 4 is 11.8 Å². The first-order chi connectivity index (χ1) is 14.2. The normalized spacial score (nSPS) is 11.6. The van der Waals surface area contributed by atoms with E-state index in [0.29, 0.717) is 12.0 Å². The first-order valence-electron chi connectivity index (χ1n) is 11.0. The van der Waals surface area contributed by atoms with Crippen LogP contribution in [0.2, 0.25) is 0 Å². The fourth-order valence-corrected chi connectivity index (χ4v) is 2.79. The van der Waals surface area contributed by atoms with Gasteiger partial charge in [-0.2, -0.15) is 0 Å². The Labute approximate surface area is 176 Å². The summed E-state index contributed by atoms with van der Waals surface area (Å²) in [4.78, 5) is 23.6. The monoisotopic (exact) mass is 396 g/mol. The molecule has 0 aromatic heterocycles. The van der Waals surface area contributed by atoms with Gasteiger partial charge in [-0.1, -0.05) is 106 Å². The molecule has 0 amide bonds. The Morgan fingerprint density at radius 2 is 1.41 bits per heavy atom. The van der Waals surface area contributed by atoms with Crippen LogP contribution in [0.1, 0.15) is 81.5 Å². The highest BCUT2D eigenvalue weighted by molar-refractivity contribution is 5.97. The number of ketones is 1. The van der Waals surface area contributed by atoms with Crippen LogP contribution in [0, 0.1) is 0 Å². The molecule has 158 valence electrons. The predicted molar refractivity (Wildman–Crippen MR) is 121 cm³/mol. The van der Waals surface area contributed by atoms with E-state index in [1.54, 1.807) is 24.3 Å². The Morgan fingerprint density at radius 1 is 0.793 bits per heavy atom. The summed E-state index contributed by atoms with van der Waals surface area (Å²) in [6, 6.07) is 8.91. The van der Waals surface area contributed by atoms with Gasteiger partial charge in [0, 0.05) is 12.0 Å². The Morgan fingerprint density at radius 3 is 2.10 bits per heavy atom. The number of ether oxygens (including phenoxy) is 1. The number of allylic oxidation sites excluding steroid dienone is 6. The average molecular weight is 397 g/mol. The van der Waals surface area contributed by atoms with Gasteiger partial charge in [0.2, 0.25) is 0 Å². The maximum atomic E-state index is 11.9. The number of Topliss-reactive ketones (excluding diaryl/α,β-unsaturated/α-hetero) is 1. The van der Waals surface area contributed by atoms with Crippen molar-refractivity contribution in [1.29, 1.82) is 0 Å². The molecule has 1 aromatic carbocycles. The number of esters is 1. The molecule has 0 aliphatic carbocycles. The van der Waals surface area contributed by atoms with E-state index in [0.717, 1.165) is 32.1 Å². The number of unbranched alkanes of at least 4 members (excludes halogenated alkanes) is 7. The third kappa shape index (κ3) is 14.3. The zero-order valence-corrected chi connectivity index (χ0v) is 17.9. The van der Waals surface area contributed by atoms with Crippen LogP contribution >= 0.6 is 0 Å². The van der Waals surface area contributed by atoms with Gasteiger partial charge in [0.1, 0.15) is 0 Å². The molecule has 3 nitrogen and oxygen atoms in total. The van der Waals surface area contributed by atoms with Gasteiger partial charge in [0.15, 0.2) is 12.4 Å². The lowest BCUT2D eigenvalue weighted by Gasteiger charge is -2.04. The Balaban J connectivity index is 1.94. The Hall–Kier alpha value is -2.42. The van der Waals surface area contributed by atoms with Gasteiger partial charge in [-0.25, -0.2) is 0 Å². The van der Waals surface area contributed by atoms with Gasteiger partial charge >= 0.3 is 5.97 Å². The van der Waals surface area contributed by atoms with Crippen LogP contribution in [-0.4, -0.2) is 18.4 Å². The molecule has 0 fully saturated rings. The van der Waals surface area contributed by atoms with Crippen LogP contribution in [0.25, 0.3) is 0 Å². The molecular formula is C26H36O3. The van der Waals surface area contributed by atoms with Gasteiger partial charge < -0.3 is 4.74 Å². The summed E-state index contributed by atoms with van der Waals surface area (Å²) in [5.41, 5.74) is 0.577. The maximum absolute atomic E-state index is 11.9. The second-order valence-corrected chi connectivity index (χ2v) is 7.14. The lowest BCUT2D eigenvalue weighted by molar-refractivity contribution is -0.142. The van der Waals surface area contributed by atoms with Gasteiger partial charge in [0.25, 0.3) is 0 Å². The molecule has 3 heteroatoms. The second-order valence-electron chi connectivity index (χ2n) is 7.14. The first kappa shape index (κ1) is 24.6. The van der Waals surface area contributed by atoms with E-state index in [-0.39, 0.29) is 18.4 Å². The van der Waals surface area contributed by atoms with Crippen molar-refractivity contribution < 1.29 is 14.3 Å². The minimum atomic E-state index is -0.284. The van der Waals surface area contributed by atoms with E-state index in [2.05, 4.69) is 43.4 Å². The molecule has 1 rings (SSSR count). The van der Waals surface area contributed by atoms with Crippen LogP contribution < -0.4 is 0 Å². The fraction of sp³-hybridized carbons (Fsp3) is 0.462. The number of benzene rings is 1. The fourth-order valence-electron chi connectivity index (χ4n) is 2.79. The molecular weight excluding hydrogens is 360 g/mol.